The zero-order chi connectivity index (χ0) is 16.2. The van der Waals surface area contributed by atoms with Gasteiger partial charge in [-0.1, -0.05) is 33.5 Å². The highest BCUT2D eigenvalue weighted by Gasteiger charge is 2.21. The topological polar surface area (TPSA) is 89.6 Å². The number of oxime groups is 1. The molecule has 0 atom stereocenters. The van der Waals surface area contributed by atoms with E-state index in [-0.39, 0.29) is 12.5 Å². The van der Waals surface area contributed by atoms with Crippen LogP contribution in [-0.4, -0.2) is 28.5 Å². The zero-order valence-electron chi connectivity index (χ0n) is 11.9. The van der Waals surface area contributed by atoms with E-state index in [2.05, 4.69) is 25.4 Å². The Morgan fingerprint density at radius 2 is 2.22 bits per heavy atom. The molecule has 0 saturated carbocycles. The Balaban J connectivity index is 1.57. The van der Waals surface area contributed by atoms with Crippen molar-refractivity contribution < 1.29 is 14.3 Å². The third kappa shape index (κ3) is 3.80. The van der Waals surface area contributed by atoms with E-state index in [0.717, 1.165) is 18.5 Å². The molecule has 23 heavy (non-hydrogen) atoms. The number of halogens is 2. The highest BCUT2D eigenvalue weighted by atomic mass is 35.5. The minimum atomic E-state index is -0.382. The first-order valence-electron chi connectivity index (χ1n) is 6.89. The summed E-state index contributed by atoms with van der Waals surface area (Å²) in [6, 6.07) is 4.79. The molecule has 1 N–H and O–H groups in total. The Bertz CT molecular complexity index is 760. The number of hydrogen-bond donors (Lipinski definition) is 1. The average Bonchev–Trinajstić information content (AvgIpc) is 2.99. The predicted octanol–water partition coefficient (Wildman–Crippen LogP) is 3.07. The Morgan fingerprint density at radius 1 is 1.35 bits per heavy atom. The van der Waals surface area contributed by atoms with Gasteiger partial charge in [-0.3, -0.25) is 4.79 Å². The average molecular weight is 355 g/mol. The Kier molecular flexibility index (Phi) is 4.78. The van der Waals surface area contributed by atoms with Gasteiger partial charge in [0.25, 0.3) is 5.91 Å². The molecule has 9 heteroatoms. The zero-order valence-corrected chi connectivity index (χ0v) is 13.4. The van der Waals surface area contributed by atoms with Crippen molar-refractivity contribution in [2.75, 3.05) is 11.9 Å². The molecule has 0 spiro atoms. The van der Waals surface area contributed by atoms with Crippen molar-refractivity contribution in [2.24, 2.45) is 5.16 Å². The first-order valence-corrected chi connectivity index (χ1v) is 7.64. The number of anilines is 1. The molecule has 0 bridgehead atoms. The van der Waals surface area contributed by atoms with Crippen LogP contribution in [-0.2, 0) is 16.1 Å². The first kappa shape index (κ1) is 15.8. The van der Waals surface area contributed by atoms with Crippen LogP contribution in [0.5, 0.6) is 0 Å². The second kappa shape index (κ2) is 6.97. The maximum absolute atomic E-state index is 11.8. The van der Waals surface area contributed by atoms with E-state index in [1.807, 2.05) is 0 Å². The van der Waals surface area contributed by atoms with Gasteiger partial charge in [0.2, 0.25) is 0 Å². The molecule has 1 heterocycles. The number of nitrogens with zero attached hydrogens (tertiary/aromatic N) is 3. The van der Waals surface area contributed by atoms with Crippen LogP contribution in [0.1, 0.15) is 24.2 Å². The van der Waals surface area contributed by atoms with E-state index in [0.29, 0.717) is 33.6 Å². The molecule has 1 aromatic carbocycles. The Morgan fingerprint density at radius 3 is 3.04 bits per heavy atom. The smallest absolute Gasteiger partial charge is 0.265 e. The van der Waals surface area contributed by atoms with E-state index >= 15 is 0 Å². The summed E-state index contributed by atoms with van der Waals surface area (Å²) in [7, 11) is 0. The van der Waals surface area contributed by atoms with Crippen molar-refractivity contribution in [3.05, 3.63) is 39.6 Å². The molecule has 3 rings (SSSR count). The van der Waals surface area contributed by atoms with E-state index < -0.39 is 0 Å². The lowest BCUT2D eigenvalue weighted by Crippen LogP contribution is -2.18. The van der Waals surface area contributed by atoms with Gasteiger partial charge in [-0.25, -0.2) is 4.63 Å². The summed E-state index contributed by atoms with van der Waals surface area (Å²) in [6.07, 6.45) is 2.38. The molecule has 0 unspecified atom stereocenters. The molecule has 0 radical (unpaired) electrons. The van der Waals surface area contributed by atoms with Crippen LogP contribution in [0.15, 0.2) is 28.0 Å². The van der Waals surface area contributed by atoms with Crippen LogP contribution in [0.3, 0.4) is 0 Å². The summed E-state index contributed by atoms with van der Waals surface area (Å²) in [5, 5.41) is 15.0. The molecule has 1 aromatic heterocycles. The number of benzene rings is 1. The fourth-order valence-electron chi connectivity index (χ4n) is 2.17. The molecule has 120 valence electrons. The van der Waals surface area contributed by atoms with Gasteiger partial charge in [-0.05, 0) is 42.6 Å². The summed E-state index contributed by atoms with van der Waals surface area (Å²) in [6.45, 7) is -0.247. The molecular formula is C14H12Cl2N4O3. The maximum atomic E-state index is 11.8. The monoisotopic (exact) mass is 354 g/mol. The van der Waals surface area contributed by atoms with Gasteiger partial charge < -0.3 is 10.2 Å². The van der Waals surface area contributed by atoms with Crippen LogP contribution in [0, 0.1) is 0 Å². The number of carbonyl (C=O) groups is 1. The fraction of sp³-hybridized carbons (Fsp3) is 0.286. The first-order chi connectivity index (χ1) is 11.1. The number of fused-ring (bicyclic) bond motifs is 1. The van der Waals surface area contributed by atoms with Crippen molar-refractivity contribution in [3.63, 3.8) is 0 Å². The predicted molar refractivity (Wildman–Crippen MR) is 84.8 cm³/mol. The van der Waals surface area contributed by atoms with Crippen LogP contribution in [0.25, 0.3) is 0 Å². The standard InChI is InChI=1S/C14H12Cl2N4O3/c15-8-4-5-10(9(16)6-8)17-13(21)7-22-18-11-2-1-3-12-14(11)20-23-19-12/h4-6H,1-3,7H2,(H,17,21). The molecule has 1 aliphatic carbocycles. The largest absolute Gasteiger partial charge is 0.385 e. The SMILES string of the molecule is O=C(CON=C1CCCc2nonc21)Nc1ccc(Cl)cc1Cl. The minimum Gasteiger partial charge on any atom is -0.385 e. The van der Waals surface area contributed by atoms with Crippen LogP contribution < -0.4 is 5.32 Å². The van der Waals surface area contributed by atoms with E-state index in [1.54, 1.807) is 18.2 Å². The summed E-state index contributed by atoms with van der Waals surface area (Å²) in [4.78, 5) is 16.9. The van der Waals surface area contributed by atoms with Gasteiger partial charge >= 0.3 is 0 Å². The lowest BCUT2D eigenvalue weighted by atomic mass is 9.99. The van der Waals surface area contributed by atoms with Gasteiger partial charge in [0.15, 0.2) is 12.3 Å². The number of nitrogens with one attached hydrogen (secondary N) is 1. The van der Waals surface area contributed by atoms with Gasteiger partial charge in [-0.15, -0.1) is 0 Å². The number of hydrogen-bond acceptors (Lipinski definition) is 6. The van der Waals surface area contributed by atoms with Gasteiger partial charge in [-0.2, -0.15) is 0 Å². The van der Waals surface area contributed by atoms with Gasteiger partial charge in [0.05, 0.1) is 10.7 Å². The highest BCUT2D eigenvalue weighted by Crippen LogP contribution is 2.25. The third-order valence-electron chi connectivity index (χ3n) is 3.23. The maximum Gasteiger partial charge on any atom is 0.265 e. The molecule has 2 aromatic rings. The Labute approximate surface area is 141 Å². The Hall–Kier alpha value is -2.12. The summed E-state index contributed by atoms with van der Waals surface area (Å²) in [5.41, 5.74) is 2.44. The number of carbonyl (C=O) groups excluding carboxylic acids is 1. The number of aromatic nitrogens is 2. The summed E-state index contributed by atoms with van der Waals surface area (Å²) >= 11 is 11.8. The molecule has 0 saturated heterocycles. The van der Waals surface area contributed by atoms with Crippen LogP contribution >= 0.6 is 23.2 Å². The molecule has 7 nitrogen and oxygen atoms in total. The lowest BCUT2D eigenvalue weighted by Gasteiger charge is -2.10. The van der Waals surface area contributed by atoms with E-state index in [9.17, 15) is 4.79 Å². The van der Waals surface area contributed by atoms with E-state index in [1.165, 1.54) is 0 Å². The van der Waals surface area contributed by atoms with Crippen molar-refractivity contribution in [1.82, 2.24) is 10.3 Å². The van der Waals surface area contributed by atoms with Crippen molar-refractivity contribution >= 4 is 40.5 Å². The fourth-order valence-corrected chi connectivity index (χ4v) is 2.62. The lowest BCUT2D eigenvalue weighted by molar-refractivity contribution is -0.120. The molecule has 1 aliphatic rings. The second-order valence-electron chi connectivity index (χ2n) is 4.90. The molecule has 0 fully saturated rings. The number of aryl methyl sites for hydroxylation is 1. The summed E-state index contributed by atoms with van der Waals surface area (Å²) < 4.78 is 4.69. The van der Waals surface area contributed by atoms with Crippen LogP contribution in [0.4, 0.5) is 5.69 Å². The number of rotatable bonds is 4. The summed E-state index contributed by atoms with van der Waals surface area (Å²) in [5.74, 6) is -0.382. The third-order valence-corrected chi connectivity index (χ3v) is 3.78. The molecule has 0 aliphatic heterocycles. The highest BCUT2D eigenvalue weighted by molar-refractivity contribution is 6.36. The van der Waals surface area contributed by atoms with Crippen LogP contribution in [0.2, 0.25) is 10.0 Å². The van der Waals surface area contributed by atoms with E-state index in [4.69, 9.17) is 28.0 Å². The van der Waals surface area contributed by atoms with Gasteiger partial charge in [0, 0.05) is 5.02 Å². The molecular weight excluding hydrogens is 343 g/mol. The number of amides is 1. The normalized spacial score (nSPS) is 15.3. The van der Waals surface area contributed by atoms with Crippen molar-refractivity contribution in [3.8, 4) is 0 Å². The van der Waals surface area contributed by atoms with Gasteiger partial charge in [0.1, 0.15) is 11.4 Å². The quantitative estimate of drug-likeness (QED) is 0.852. The second-order valence-corrected chi connectivity index (χ2v) is 5.74. The van der Waals surface area contributed by atoms with Crippen molar-refractivity contribution in [1.29, 1.82) is 0 Å². The minimum absolute atomic E-state index is 0.247. The molecule has 1 amide bonds. The van der Waals surface area contributed by atoms with Crippen molar-refractivity contribution in [2.45, 2.75) is 19.3 Å².